The van der Waals surface area contributed by atoms with E-state index in [0.29, 0.717) is 12.0 Å². The van der Waals surface area contributed by atoms with Gasteiger partial charge in [-0.3, -0.25) is 0 Å². The van der Waals surface area contributed by atoms with E-state index in [2.05, 4.69) is 29.3 Å². The van der Waals surface area contributed by atoms with Crippen molar-refractivity contribution in [3.8, 4) is 0 Å². The van der Waals surface area contributed by atoms with Crippen LogP contribution < -0.4 is 5.32 Å². The molecule has 2 rings (SSSR count). The molecule has 1 aliphatic heterocycles. The molecule has 15 heavy (non-hydrogen) atoms. The average molecular weight is 209 g/mol. The Morgan fingerprint density at radius 1 is 1.53 bits per heavy atom. The Hall–Kier alpha value is -0.900. The highest BCUT2D eigenvalue weighted by Crippen LogP contribution is 2.26. The molecule has 0 spiro atoms. The minimum absolute atomic E-state index is 0.458. The summed E-state index contributed by atoms with van der Waals surface area (Å²) in [7, 11) is 0. The van der Waals surface area contributed by atoms with Gasteiger partial charge in [-0.05, 0) is 32.7 Å². The Bertz CT molecular complexity index is 311. The van der Waals surface area contributed by atoms with Gasteiger partial charge < -0.3 is 9.84 Å². The molecular formula is C11H19N3O. The number of piperidine rings is 1. The Morgan fingerprint density at radius 2 is 2.40 bits per heavy atom. The number of aryl methyl sites for hydroxylation is 1. The van der Waals surface area contributed by atoms with Crippen LogP contribution in [0.5, 0.6) is 0 Å². The van der Waals surface area contributed by atoms with Gasteiger partial charge in [0.1, 0.15) is 0 Å². The second-order valence-electron chi connectivity index (χ2n) is 4.38. The largest absolute Gasteiger partial charge is 0.339 e. The van der Waals surface area contributed by atoms with Gasteiger partial charge in [0.2, 0.25) is 5.89 Å². The summed E-state index contributed by atoms with van der Waals surface area (Å²) in [5, 5.41) is 7.42. The zero-order valence-electron chi connectivity index (χ0n) is 9.49. The lowest BCUT2D eigenvalue weighted by atomic mass is 9.93. The van der Waals surface area contributed by atoms with E-state index in [1.165, 1.54) is 0 Å². The summed E-state index contributed by atoms with van der Waals surface area (Å²) < 4.78 is 5.32. The fourth-order valence-electron chi connectivity index (χ4n) is 2.11. The SMILES string of the molecule is CCCc1noc(C2CCNC(C)C2)n1. The smallest absolute Gasteiger partial charge is 0.229 e. The number of nitrogens with one attached hydrogen (secondary N) is 1. The predicted octanol–water partition coefficient (Wildman–Crippen LogP) is 1.88. The van der Waals surface area contributed by atoms with Gasteiger partial charge in [-0.25, -0.2) is 0 Å². The van der Waals surface area contributed by atoms with E-state index >= 15 is 0 Å². The summed E-state index contributed by atoms with van der Waals surface area (Å²) in [5.41, 5.74) is 0. The lowest BCUT2D eigenvalue weighted by molar-refractivity contribution is 0.294. The van der Waals surface area contributed by atoms with E-state index in [0.717, 1.165) is 43.9 Å². The maximum atomic E-state index is 5.32. The molecule has 4 nitrogen and oxygen atoms in total. The monoisotopic (exact) mass is 209 g/mol. The van der Waals surface area contributed by atoms with E-state index in [9.17, 15) is 0 Å². The molecule has 1 fully saturated rings. The Labute approximate surface area is 90.4 Å². The summed E-state index contributed by atoms with van der Waals surface area (Å²) in [6.45, 7) is 5.38. The zero-order valence-corrected chi connectivity index (χ0v) is 9.49. The van der Waals surface area contributed by atoms with E-state index in [4.69, 9.17) is 4.52 Å². The minimum atomic E-state index is 0.458. The molecule has 0 bridgehead atoms. The molecule has 2 unspecified atom stereocenters. The highest BCUT2D eigenvalue weighted by molar-refractivity contribution is 4.97. The van der Waals surface area contributed by atoms with Gasteiger partial charge in [0, 0.05) is 18.4 Å². The van der Waals surface area contributed by atoms with Crippen LogP contribution >= 0.6 is 0 Å². The first-order valence-corrected chi connectivity index (χ1v) is 5.85. The standard InChI is InChI=1S/C11H19N3O/c1-3-4-10-13-11(15-14-10)9-5-6-12-8(2)7-9/h8-9,12H,3-7H2,1-2H3. The Kier molecular flexibility index (Phi) is 3.36. The van der Waals surface area contributed by atoms with Gasteiger partial charge >= 0.3 is 0 Å². The molecule has 0 radical (unpaired) electrons. The predicted molar refractivity (Wildman–Crippen MR) is 57.7 cm³/mol. The maximum absolute atomic E-state index is 5.32. The fraction of sp³-hybridized carbons (Fsp3) is 0.818. The van der Waals surface area contributed by atoms with E-state index < -0.39 is 0 Å². The van der Waals surface area contributed by atoms with E-state index in [-0.39, 0.29) is 0 Å². The van der Waals surface area contributed by atoms with E-state index in [1.807, 2.05) is 0 Å². The molecule has 1 saturated heterocycles. The second kappa shape index (κ2) is 4.75. The molecule has 2 atom stereocenters. The Balaban J connectivity index is 2.01. The first-order valence-electron chi connectivity index (χ1n) is 5.85. The fourth-order valence-corrected chi connectivity index (χ4v) is 2.11. The molecule has 4 heteroatoms. The van der Waals surface area contributed by atoms with Crippen LogP contribution in [0.2, 0.25) is 0 Å². The molecule has 0 saturated carbocycles. The lowest BCUT2D eigenvalue weighted by Crippen LogP contribution is -2.34. The normalized spacial score (nSPS) is 26.8. The van der Waals surface area contributed by atoms with Crippen LogP contribution in [0.25, 0.3) is 0 Å². The topological polar surface area (TPSA) is 51.0 Å². The van der Waals surface area contributed by atoms with Crippen molar-refractivity contribution in [3.05, 3.63) is 11.7 Å². The molecule has 0 aliphatic carbocycles. The number of aromatic nitrogens is 2. The summed E-state index contributed by atoms with van der Waals surface area (Å²) in [6, 6.07) is 0.560. The van der Waals surface area contributed by atoms with Gasteiger partial charge in [-0.1, -0.05) is 12.1 Å². The summed E-state index contributed by atoms with van der Waals surface area (Å²) in [6.07, 6.45) is 4.21. The van der Waals surface area contributed by atoms with E-state index in [1.54, 1.807) is 0 Å². The van der Waals surface area contributed by atoms with Crippen molar-refractivity contribution in [2.45, 2.75) is 51.5 Å². The van der Waals surface area contributed by atoms with Gasteiger partial charge in [0.15, 0.2) is 5.82 Å². The van der Waals surface area contributed by atoms with Crippen molar-refractivity contribution in [3.63, 3.8) is 0 Å². The Morgan fingerprint density at radius 3 is 3.13 bits per heavy atom. The molecule has 2 heterocycles. The summed E-state index contributed by atoms with van der Waals surface area (Å²) in [5.74, 6) is 2.16. The molecule has 0 amide bonds. The molecule has 1 aromatic rings. The summed E-state index contributed by atoms with van der Waals surface area (Å²) >= 11 is 0. The third-order valence-electron chi connectivity index (χ3n) is 2.93. The van der Waals surface area contributed by atoms with Crippen LogP contribution in [0.15, 0.2) is 4.52 Å². The van der Waals surface area contributed by atoms with Crippen molar-refractivity contribution in [1.29, 1.82) is 0 Å². The highest BCUT2D eigenvalue weighted by atomic mass is 16.5. The average Bonchev–Trinajstić information content (AvgIpc) is 2.67. The summed E-state index contributed by atoms with van der Waals surface area (Å²) in [4.78, 5) is 4.45. The van der Waals surface area contributed by atoms with Gasteiger partial charge in [-0.15, -0.1) is 0 Å². The minimum Gasteiger partial charge on any atom is -0.339 e. The molecule has 0 aromatic carbocycles. The first kappa shape index (κ1) is 10.6. The first-order chi connectivity index (χ1) is 7.29. The third-order valence-corrected chi connectivity index (χ3v) is 2.93. The molecule has 1 aromatic heterocycles. The zero-order chi connectivity index (χ0) is 10.7. The number of rotatable bonds is 3. The van der Waals surface area contributed by atoms with Crippen LogP contribution in [0.3, 0.4) is 0 Å². The van der Waals surface area contributed by atoms with Gasteiger partial charge in [0.05, 0.1) is 0 Å². The second-order valence-corrected chi connectivity index (χ2v) is 4.38. The van der Waals surface area contributed by atoms with Crippen LogP contribution in [-0.4, -0.2) is 22.7 Å². The molecule has 1 aliphatic rings. The van der Waals surface area contributed by atoms with Crippen LogP contribution in [0.1, 0.15) is 50.7 Å². The quantitative estimate of drug-likeness (QED) is 0.825. The van der Waals surface area contributed by atoms with Crippen molar-refractivity contribution < 1.29 is 4.52 Å². The molecule has 84 valence electrons. The lowest BCUT2D eigenvalue weighted by Gasteiger charge is -2.25. The molecule has 1 N–H and O–H groups in total. The van der Waals surface area contributed by atoms with Crippen LogP contribution in [0, 0.1) is 0 Å². The third kappa shape index (κ3) is 2.56. The van der Waals surface area contributed by atoms with Gasteiger partial charge in [-0.2, -0.15) is 4.98 Å². The van der Waals surface area contributed by atoms with Crippen LogP contribution in [-0.2, 0) is 6.42 Å². The molecular weight excluding hydrogens is 190 g/mol. The van der Waals surface area contributed by atoms with Crippen LogP contribution in [0.4, 0.5) is 0 Å². The number of nitrogens with zero attached hydrogens (tertiary/aromatic N) is 2. The highest BCUT2D eigenvalue weighted by Gasteiger charge is 2.24. The number of hydrogen-bond donors (Lipinski definition) is 1. The van der Waals surface area contributed by atoms with Crippen molar-refractivity contribution in [1.82, 2.24) is 15.5 Å². The van der Waals surface area contributed by atoms with Gasteiger partial charge in [0.25, 0.3) is 0 Å². The van der Waals surface area contributed by atoms with Crippen molar-refractivity contribution in [2.24, 2.45) is 0 Å². The van der Waals surface area contributed by atoms with Crippen molar-refractivity contribution in [2.75, 3.05) is 6.54 Å². The maximum Gasteiger partial charge on any atom is 0.229 e. The number of hydrogen-bond acceptors (Lipinski definition) is 4. The van der Waals surface area contributed by atoms with Crippen molar-refractivity contribution >= 4 is 0 Å².